The number of aryl methyl sites for hydroxylation is 1. The maximum Gasteiger partial charge on any atom is 0.264 e. The number of nitrogens with zero attached hydrogens (tertiary/aromatic N) is 3. The molecular weight excluding hydrogens is 530 g/mol. The molecular formula is C26H22BrN3O4S. The highest BCUT2D eigenvalue weighted by Crippen LogP contribution is 2.37. The summed E-state index contributed by atoms with van der Waals surface area (Å²) in [7, 11) is 1.65. The number of carbonyl (C=O) groups excluding carboxylic acids is 2. The highest BCUT2D eigenvalue weighted by molar-refractivity contribution is 9.10. The van der Waals surface area contributed by atoms with Crippen molar-refractivity contribution in [2.24, 2.45) is 0 Å². The molecule has 3 heterocycles. The molecule has 1 unspecified atom stereocenters. The SMILES string of the molecule is CCc1sc2ncn(C(C)C(=O)c3ccc4c(c3)N(C)C(=O)CO4)c(=O)c2c1-c1ccc(Br)cc1. The summed E-state index contributed by atoms with van der Waals surface area (Å²) >= 11 is 4.97. The van der Waals surface area contributed by atoms with Gasteiger partial charge in [0.25, 0.3) is 11.5 Å². The maximum absolute atomic E-state index is 13.7. The summed E-state index contributed by atoms with van der Waals surface area (Å²) in [5.41, 5.74) is 2.48. The Hall–Kier alpha value is -3.30. The van der Waals surface area contributed by atoms with Gasteiger partial charge >= 0.3 is 0 Å². The standard InChI is InChI=1S/C26H22BrN3O4S/c1-4-20-22(15-5-8-17(27)9-6-15)23-25(35-20)28-13-30(26(23)33)14(2)24(32)16-7-10-19-18(11-16)29(3)21(31)12-34-19/h5-11,13-14H,4,12H2,1-3H3. The smallest absolute Gasteiger partial charge is 0.264 e. The molecule has 9 heteroatoms. The maximum atomic E-state index is 13.7. The van der Waals surface area contributed by atoms with E-state index in [-0.39, 0.29) is 23.9 Å². The minimum atomic E-state index is -0.786. The molecule has 1 atom stereocenters. The normalized spacial score (nSPS) is 14.1. The van der Waals surface area contributed by atoms with Gasteiger partial charge in [0.15, 0.2) is 12.4 Å². The average molecular weight is 552 g/mol. The number of ketones is 1. The number of likely N-dealkylation sites (N-methyl/N-ethyl adjacent to an activating group) is 1. The summed E-state index contributed by atoms with van der Waals surface area (Å²) in [5.74, 6) is 0.102. The fourth-order valence-electron chi connectivity index (χ4n) is 4.29. The minimum absolute atomic E-state index is 0.0324. The van der Waals surface area contributed by atoms with Gasteiger partial charge in [0.05, 0.1) is 23.4 Å². The highest BCUT2D eigenvalue weighted by Gasteiger charge is 2.27. The Morgan fingerprint density at radius 2 is 1.94 bits per heavy atom. The van der Waals surface area contributed by atoms with E-state index in [9.17, 15) is 14.4 Å². The first-order valence-corrected chi connectivity index (χ1v) is 12.8. The third-order valence-electron chi connectivity index (χ3n) is 6.29. The van der Waals surface area contributed by atoms with Crippen LogP contribution in [0.4, 0.5) is 5.69 Å². The molecule has 178 valence electrons. The van der Waals surface area contributed by atoms with Crippen molar-refractivity contribution in [3.05, 3.63) is 74.1 Å². The average Bonchev–Trinajstić information content (AvgIpc) is 3.25. The number of halogens is 1. The number of rotatable bonds is 5. The van der Waals surface area contributed by atoms with Crippen molar-refractivity contribution >= 4 is 54.9 Å². The lowest BCUT2D eigenvalue weighted by Crippen LogP contribution is -2.35. The van der Waals surface area contributed by atoms with Gasteiger partial charge in [0, 0.05) is 27.5 Å². The molecule has 0 bridgehead atoms. The molecule has 1 amide bonds. The third kappa shape index (κ3) is 3.98. The van der Waals surface area contributed by atoms with Crippen LogP contribution >= 0.6 is 27.3 Å². The number of hydrogen-bond donors (Lipinski definition) is 0. The number of benzene rings is 2. The molecule has 2 aromatic carbocycles. The van der Waals surface area contributed by atoms with E-state index in [2.05, 4.69) is 27.8 Å². The summed E-state index contributed by atoms with van der Waals surface area (Å²) < 4.78 is 7.81. The summed E-state index contributed by atoms with van der Waals surface area (Å²) in [6, 6.07) is 12.0. The van der Waals surface area contributed by atoms with Gasteiger partial charge in [-0.05, 0) is 49.2 Å². The van der Waals surface area contributed by atoms with Crippen LogP contribution in [0.15, 0.2) is 58.1 Å². The molecule has 1 aliphatic heterocycles. The number of fused-ring (bicyclic) bond motifs is 2. The lowest BCUT2D eigenvalue weighted by atomic mass is 10.0. The second-order valence-electron chi connectivity index (χ2n) is 8.36. The van der Waals surface area contributed by atoms with Gasteiger partial charge in [-0.2, -0.15) is 0 Å². The van der Waals surface area contributed by atoms with Crippen LogP contribution in [-0.4, -0.2) is 34.9 Å². The van der Waals surface area contributed by atoms with Crippen LogP contribution in [-0.2, 0) is 11.2 Å². The number of aromatic nitrogens is 2. The van der Waals surface area contributed by atoms with Crippen LogP contribution in [0.25, 0.3) is 21.3 Å². The predicted octanol–water partition coefficient (Wildman–Crippen LogP) is 5.25. The number of ether oxygens (including phenoxy) is 1. The Morgan fingerprint density at radius 3 is 2.66 bits per heavy atom. The van der Waals surface area contributed by atoms with Crippen molar-refractivity contribution in [3.63, 3.8) is 0 Å². The molecule has 0 saturated heterocycles. The zero-order valence-electron chi connectivity index (χ0n) is 19.4. The largest absolute Gasteiger partial charge is 0.482 e. The van der Waals surface area contributed by atoms with Crippen LogP contribution in [0.2, 0.25) is 0 Å². The van der Waals surface area contributed by atoms with E-state index >= 15 is 0 Å². The van der Waals surface area contributed by atoms with Gasteiger partial charge < -0.3 is 9.64 Å². The van der Waals surface area contributed by atoms with Gasteiger partial charge in [0.1, 0.15) is 10.6 Å². The Kier molecular flexibility index (Phi) is 6.06. The Labute approximate surface area is 214 Å². The van der Waals surface area contributed by atoms with Crippen molar-refractivity contribution in [1.82, 2.24) is 9.55 Å². The number of Topliss-reactive ketones (excluding diaryl/α,β-unsaturated/α-hetero) is 1. The first kappa shape index (κ1) is 23.4. The van der Waals surface area contributed by atoms with Gasteiger partial charge in [-0.15, -0.1) is 11.3 Å². The fraction of sp³-hybridized carbons (Fsp3) is 0.231. The number of thiophene rings is 1. The van der Waals surface area contributed by atoms with E-state index in [1.807, 2.05) is 24.3 Å². The van der Waals surface area contributed by atoms with Gasteiger partial charge in [-0.25, -0.2) is 4.98 Å². The molecule has 0 radical (unpaired) electrons. The van der Waals surface area contributed by atoms with Gasteiger partial charge in [-0.3, -0.25) is 19.0 Å². The van der Waals surface area contributed by atoms with E-state index in [4.69, 9.17) is 4.74 Å². The van der Waals surface area contributed by atoms with Crippen molar-refractivity contribution < 1.29 is 14.3 Å². The molecule has 0 saturated carbocycles. The summed E-state index contributed by atoms with van der Waals surface area (Å²) in [5, 5.41) is 0.528. The van der Waals surface area contributed by atoms with Gasteiger partial charge in [0.2, 0.25) is 0 Å². The number of amides is 1. The zero-order chi connectivity index (χ0) is 24.9. The molecule has 0 fully saturated rings. The summed E-state index contributed by atoms with van der Waals surface area (Å²) in [4.78, 5) is 46.9. The van der Waals surface area contributed by atoms with E-state index < -0.39 is 6.04 Å². The minimum Gasteiger partial charge on any atom is -0.482 e. The topological polar surface area (TPSA) is 81.5 Å². The van der Waals surface area contributed by atoms with E-state index in [1.54, 1.807) is 32.2 Å². The Balaban J connectivity index is 1.59. The number of anilines is 1. The van der Waals surface area contributed by atoms with Crippen molar-refractivity contribution in [2.45, 2.75) is 26.3 Å². The molecule has 5 rings (SSSR count). The lowest BCUT2D eigenvalue weighted by Gasteiger charge is -2.26. The van der Waals surface area contributed by atoms with E-state index in [0.29, 0.717) is 27.2 Å². The second-order valence-corrected chi connectivity index (χ2v) is 10.4. The zero-order valence-corrected chi connectivity index (χ0v) is 21.8. The van der Waals surface area contributed by atoms with Crippen LogP contribution < -0.4 is 15.2 Å². The molecule has 7 nitrogen and oxygen atoms in total. The first-order valence-electron chi connectivity index (χ1n) is 11.2. The molecule has 4 aromatic rings. The van der Waals surface area contributed by atoms with Gasteiger partial charge in [-0.1, -0.05) is 35.0 Å². The number of hydrogen-bond acceptors (Lipinski definition) is 6. The molecule has 0 spiro atoms. The van der Waals surface area contributed by atoms with E-state index in [1.165, 1.54) is 27.1 Å². The first-order chi connectivity index (χ1) is 16.8. The second kappa shape index (κ2) is 9.05. The van der Waals surface area contributed by atoms with Crippen LogP contribution in [0.3, 0.4) is 0 Å². The Morgan fingerprint density at radius 1 is 1.20 bits per heavy atom. The van der Waals surface area contributed by atoms with Crippen LogP contribution in [0.5, 0.6) is 5.75 Å². The Bertz CT molecular complexity index is 1540. The summed E-state index contributed by atoms with van der Waals surface area (Å²) in [6.07, 6.45) is 2.22. The quantitative estimate of drug-likeness (QED) is 0.316. The van der Waals surface area contributed by atoms with Crippen LogP contribution in [0, 0.1) is 0 Å². The van der Waals surface area contributed by atoms with Crippen molar-refractivity contribution in [3.8, 4) is 16.9 Å². The fourth-order valence-corrected chi connectivity index (χ4v) is 5.65. The monoisotopic (exact) mass is 551 g/mol. The predicted molar refractivity (Wildman–Crippen MR) is 141 cm³/mol. The van der Waals surface area contributed by atoms with Crippen molar-refractivity contribution in [1.29, 1.82) is 0 Å². The summed E-state index contributed by atoms with van der Waals surface area (Å²) in [6.45, 7) is 3.71. The molecule has 1 aliphatic rings. The molecule has 35 heavy (non-hydrogen) atoms. The van der Waals surface area contributed by atoms with Crippen LogP contribution in [0.1, 0.15) is 35.1 Å². The molecule has 0 aliphatic carbocycles. The highest BCUT2D eigenvalue weighted by atomic mass is 79.9. The molecule has 0 N–H and O–H groups in total. The number of carbonyl (C=O) groups is 2. The third-order valence-corrected chi connectivity index (χ3v) is 8.06. The van der Waals surface area contributed by atoms with E-state index in [0.717, 1.165) is 26.9 Å². The molecule has 2 aromatic heterocycles. The van der Waals surface area contributed by atoms with Crippen molar-refractivity contribution in [2.75, 3.05) is 18.6 Å². The lowest BCUT2D eigenvalue weighted by molar-refractivity contribution is -0.120.